The summed E-state index contributed by atoms with van der Waals surface area (Å²) < 4.78 is 6.56. The second kappa shape index (κ2) is 4.01. The molecule has 6 heteroatoms. The van der Waals surface area contributed by atoms with Crippen LogP contribution in [0.5, 0.6) is 5.75 Å². The van der Waals surface area contributed by atoms with Gasteiger partial charge in [0.15, 0.2) is 0 Å². The molecule has 0 bridgehead atoms. The SMILES string of the molecule is COc1ccccc1-n1cnc(=O)c(N)n1. The predicted molar refractivity (Wildman–Crippen MR) is 58.6 cm³/mol. The summed E-state index contributed by atoms with van der Waals surface area (Å²) in [6, 6.07) is 7.23. The summed E-state index contributed by atoms with van der Waals surface area (Å²) in [6.07, 6.45) is 1.30. The van der Waals surface area contributed by atoms with Gasteiger partial charge in [-0.25, -0.2) is 4.68 Å². The van der Waals surface area contributed by atoms with Crippen molar-refractivity contribution < 1.29 is 4.74 Å². The number of benzene rings is 1. The number of aromatic nitrogens is 3. The quantitative estimate of drug-likeness (QED) is 0.779. The molecule has 1 aromatic carbocycles. The van der Waals surface area contributed by atoms with E-state index in [9.17, 15) is 4.79 Å². The van der Waals surface area contributed by atoms with E-state index in [1.807, 2.05) is 12.1 Å². The van der Waals surface area contributed by atoms with Crippen LogP contribution in [0.3, 0.4) is 0 Å². The van der Waals surface area contributed by atoms with Crippen LogP contribution in [0.4, 0.5) is 5.82 Å². The van der Waals surface area contributed by atoms with Crippen molar-refractivity contribution in [1.82, 2.24) is 14.8 Å². The number of para-hydroxylation sites is 2. The first-order valence-corrected chi connectivity index (χ1v) is 4.57. The molecular weight excluding hydrogens is 208 g/mol. The first kappa shape index (κ1) is 10.2. The minimum atomic E-state index is -0.536. The largest absolute Gasteiger partial charge is 0.494 e. The Morgan fingerprint density at radius 2 is 2.12 bits per heavy atom. The number of hydrogen-bond acceptors (Lipinski definition) is 5. The fourth-order valence-corrected chi connectivity index (χ4v) is 1.29. The number of rotatable bonds is 2. The molecule has 1 aromatic heterocycles. The van der Waals surface area contributed by atoms with E-state index in [2.05, 4.69) is 10.1 Å². The molecule has 0 fully saturated rings. The highest BCUT2D eigenvalue weighted by Crippen LogP contribution is 2.20. The van der Waals surface area contributed by atoms with E-state index in [1.54, 1.807) is 19.2 Å². The summed E-state index contributed by atoms with van der Waals surface area (Å²) in [5, 5.41) is 3.89. The molecule has 0 aliphatic carbocycles. The minimum Gasteiger partial charge on any atom is -0.494 e. The third kappa shape index (κ3) is 1.72. The van der Waals surface area contributed by atoms with Crippen LogP contribution in [-0.4, -0.2) is 21.9 Å². The van der Waals surface area contributed by atoms with Gasteiger partial charge in [-0.3, -0.25) is 4.79 Å². The van der Waals surface area contributed by atoms with E-state index in [0.29, 0.717) is 11.4 Å². The monoisotopic (exact) mass is 218 g/mol. The van der Waals surface area contributed by atoms with E-state index in [0.717, 1.165) is 0 Å². The van der Waals surface area contributed by atoms with Crippen LogP contribution >= 0.6 is 0 Å². The van der Waals surface area contributed by atoms with Crippen molar-refractivity contribution in [2.75, 3.05) is 12.8 Å². The van der Waals surface area contributed by atoms with Gasteiger partial charge in [-0.2, -0.15) is 4.98 Å². The van der Waals surface area contributed by atoms with Crippen LogP contribution in [-0.2, 0) is 0 Å². The number of methoxy groups -OCH3 is 1. The van der Waals surface area contributed by atoms with Crippen molar-refractivity contribution in [3.8, 4) is 11.4 Å². The molecule has 0 atom stereocenters. The number of nitrogens with two attached hydrogens (primary N) is 1. The molecule has 0 aliphatic heterocycles. The standard InChI is InChI=1S/C10H10N4O2/c1-16-8-5-3-2-4-7(8)14-6-12-10(15)9(11)13-14/h2-6H,1H3,(H2,11,13). The maximum Gasteiger partial charge on any atom is 0.315 e. The van der Waals surface area contributed by atoms with Gasteiger partial charge >= 0.3 is 5.56 Å². The Bertz CT molecular complexity index is 565. The van der Waals surface area contributed by atoms with Crippen LogP contribution in [0.25, 0.3) is 5.69 Å². The third-order valence-electron chi connectivity index (χ3n) is 2.05. The summed E-state index contributed by atoms with van der Waals surface area (Å²) in [5.74, 6) is 0.480. The summed E-state index contributed by atoms with van der Waals surface area (Å²) in [4.78, 5) is 14.6. The first-order chi connectivity index (χ1) is 7.72. The Morgan fingerprint density at radius 1 is 1.38 bits per heavy atom. The van der Waals surface area contributed by atoms with Crippen LogP contribution in [0, 0.1) is 0 Å². The van der Waals surface area contributed by atoms with Crippen molar-refractivity contribution in [3.63, 3.8) is 0 Å². The zero-order valence-corrected chi connectivity index (χ0v) is 8.62. The number of ether oxygens (including phenoxy) is 1. The lowest BCUT2D eigenvalue weighted by Crippen LogP contribution is -2.18. The number of anilines is 1. The summed E-state index contributed by atoms with van der Waals surface area (Å²) in [5.41, 5.74) is 5.54. The third-order valence-corrected chi connectivity index (χ3v) is 2.05. The highest BCUT2D eigenvalue weighted by atomic mass is 16.5. The number of nitrogen functional groups attached to an aromatic ring is 1. The van der Waals surface area contributed by atoms with Gasteiger partial charge in [0.25, 0.3) is 0 Å². The van der Waals surface area contributed by atoms with E-state index in [1.165, 1.54) is 11.0 Å². The predicted octanol–water partition coefficient (Wildman–Crippen LogP) is 0.218. The van der Waals surface area contributed by atoms with Crippen molar-refractivity contribution in [3.05, 3.63) is 40.9 Å². The van der Waals surface area contributed by atoms with Gasteiger partial charge < -0.3 is 10.5 Å². The molecule has 1 heterocycles. The average molecular weight is 218 g/mol. The molecule has 82 valence electrons. The lowest BCUT2D eigenvalue weighted by Gasteiger charge is -2.09. The molecule has 2 rings (SSSR count). The van der Waals surface area contributed by atoms with Crippen molar-refractivity contribution in [2.45, 2.75) is 0 Å². The van der Waals surface area contributed by atoms with Gasteiger partial charge in [-0.1, -0.05) is 12.1 Å². The Balaban J connectivity index is 2.58. The van der Waals surface area contributed by atoms with Gasteiger partial charge in [0.2, 0.25) is 5.82 Å². The lowest BCUT2D eigenvalue weighted by molar-refractivity contribution is 0.411. The Hall–Kier alpha value is -2.37. The second-order valence-corrected chi connectivity index (χ2v) is 3.05. The van der Waals surface area contributed by atoms with Crippen LogP contribution in [0.15, 0.2) is 35.4 Å². The molecular formula is C10H10N4O2. The maximum atomic E-state index is 11.0. The molecule has 0 saturated heterocycles. The van der Waals surface area contributed by atoms with Gasteiger partial charge in [-0.05, 0) is 12.1 Å². The minimum absolute atomic E-state index is 0.145. The fraction of sp³-hybridized carbons (Fsp3) is 0.100. The molecule has 2 N–H and O–H groups in total. The Kier molecular flexibility index (Phi) is 2.55. The zero-order chi connectivity index (χ0) is 11.5. The van der Waals surface area contributed by atoms with E-state index in [4.69, 9.17) is 10.5 Å². The molecule has 0 amide bonds. The Labute approximate surface area is 91.3 Å². The maximum absolute atomic E-state index is 11.0. The highest BCUT2D eigenvalue weighted by Gasteiger charge is 2.05. The van der Waals surface area contributed by atoms with Crippen LogP contribution in [0.1, 0.15) is 0 Å². The average Bonchev–Trinajstić information content (AvgIpc) is 2.32. The Morgan fingerprint density at radius 3 is 2.81 bits per heavy atom. The van der Waals surface area contributed by atoms with Crippen LogP contribution in [0.2, 0.25) is 0 Å². The molecule has 2 aromatic rings. The lowest BCUT2D eigenvalue weighted by atomic mass is 10.3. The molecule has 0 spiro atoms. The molecule has 0 unspecified atom stereocenters. The zero-order valence-electron chi connectivity index (χ0n) is 8.62. The topological polar surface area (TPSA) is 83.0 Å². The number of hydrogen-bond donors (Lipinski definition) is 1. The van der Waals surface area contributed by atoms with E-state index >= 15 is 0 Å². The molecule has 0 radical (unpaired) electrons. The second-order valence-electron chi connectivity index (χ2n) is 3.05. The van der Waals surface area contributed by atoms with E-state index in [-0.39, 0.29) is 5.82 Å². The van der Waals surface area contributed by atoms with Gasteiger partial charge in [0, 0.05) is 0 Å². The van der Waals surface area contributed by atoms with E-state index < -0.39 is 5.56 Å². The molecule has 6 nitrogen and oxygen atoms in total. The van der Waals surface area contributed by atoms with Crippen molar-refractivity contribution in [1.29, 1.82) is 0 Å². The summed E-state index contributed by atoms with van der Waals surface area (Å²) in [6.45, 7) is 0. The highest BCUT2D eigenvalue weighted by molar-refractivity contribution is 5.45. The van der Waals surface area contributed by atoms with Crippen molar-refractivity contribution in [2.24, 2.45) is 0 Å². The normalized spacial score (nSPS) is 10.1. The van der Waals surface area contributed by atoms with Gasteiger partial charge in [0.05, 0.1) is 7.11 Å². The molecule has 0 aliphatic rings. The van der Waals surface area contributed by atoms with Gasteiger partial charge in [-0.15, -0.1) is 5.10 Å². The fourth-order valence-electron chi connectivity index (χ4n) is 1.29. The van der Waals surface area contributed by atoms with Crippen LogP contribution < -0.4 is 16.0 Å². The smallest absolute Gasteiger partial charge is 0.315 e. The summed E-state index contributed by atoms with van der Waals surface area (Å²) >= 11 is 0. The molecule has 16 heavy (non-hydrogen) atoms. The number of nitrogens with zero attached hydrogens (tertiary/aromatic N) is 3. The first-order valence-electron chi connectivity index (χ1n) is 4.57. The molecule has 0 saturated carbocycles. The summed E-state index contributed by atoms with van der Waals surface area (Å²) in [7, 11) is 1.55. The van der Waals surface area contributed by atoms with Gasteiger partial charge in [0.1, 0.15) is 17.8 Å². The van der Waals surface area contributed by atoms with Crippen molar-refractivity contribution >= 4 is 5.82 Å².